The molecule has 0 saturated heterocycles. The molecule has 1 saturated carbocycles. The maximum Gasteiger partial charge on any atom is 0.141 e. The highest BCUT2D eigenvalue weighted by Crippen LogP contribution is 2.41. The molecule has 0 amide bonds. The van der Waals surface area contributed by atoms with Crippen LogP contribution in [0.4, 0.5) is 4.39 Å². The van der Waals surface area contributed by atoms with Crippen LogP contribution in [0.2, 0.25) is 0 Å². The van der Waals surface area contributed by atoms with Crippen molar-refractivity contribution in [3.8, 4) is 0 Å². The molecule has 17 heavy (non-hydrogen) atoms. The summed E-state index contributed by atoms with van der Waals surface area (Å²) in [5, 5.41) is 0. The molecular formula is C14H21FN2. The third-order valence-electron chi connectivity index (χ3n) is 4.00. The lowest BCUT2D eigenvalue weighted by molar-refractivity contribution is 0.299. The van der Waals surface area contributed by atoms with Crippen molar-refractivity contribution in [2.75, 3.05) is 0 Å². The molecule has 1 aromatic rings. The summed E-state index contributed by atoms with van der Waals surface area (Å²) in [5.74, 6) is -0.296. The van der Waals surface area contributed by atoms with E-state index < -0.39 is 5.54 Å². The highest BCUT2D eigenvalue weighted by molar-refractivity contribution is 5.21. The molecule has 2 rings (SSSR count). The monoisotopic (exact) mass is 236 g/mol. The lowest BCUT2D eigenvalue weighted by atomic mass is 9.81. The molecule has 0 aliphatic heterocycles. The summed E-state index contributed by atoms with van der Waals surface area (Å²) < 4.78 is 13.2. The minimum Gasteiger partial charge on any atom is -0.321 e. The standard InChI is InChI=1S/C14H21FN2/c1-13(2)4-3-5-14(16,7-6-13)11-8-12(15)10-17-9-11/h8-10H,3-7,16H2,1-2H3. The molecule has 0 aromatic carbocycles. The Morgan fingerprint density at radius 1 is 1.18 bits per heavy atom. The van der Waals surface area contributed by atoms with E-state index >= 15 is 0 Å². The molecule has 3 heteroatoms. The van der Waals surface area contributed by atoms with E-state index in [2.05, 4.69) is 18.8 Å². The van der Waals surface area contributed by atoms with Gasteiger partial charge in [0.15, 0.2) is 0 Å². The summed E-state index contributed by atoms with van der Waals surface area (Å²) in [6, 6.07) is 1.53. The quantitative estimate of drug-likeness (QED) is 0.759. The second-order valence-electron chi connectivity index (χ2n) is 6.07. The minimum absolute atomic E-state index is 0.296. The van der Waals surface area contributed by atoms with Gasteiger partial charge in [-0.3, -0.25) is 4.98 Å². The number of rotatable bonds is 1. The summed E-state index contributed by atoms with van der Waals surface area (Å²) in [5.41, 5.74) is 7.26. The lowest BCUT2D eigenvalue weighted by Crippen LogP contribution is -2.36. The van der Waals surface area contributed by atoms with E-state index in [-0.39, 0.29) is 5.82 Å². The van der Waals surface area contributed by atoms with E-state index in [0.717, 1.165) is 31.2 Å². The normalized spacial score (nSPS) is 28.7. The van der Waals surface area contributed by atoms with Crippen molar-refractivity contribution in [3.05, 3.63) is 29.8 Å². The summed E-state index contributed by atoms with van der Waals surface area (Å²) in [6.07, 6.45) is 8.14. The van der Waals surface area contributed by atoms with Gasteiger partial charge in [0.25, 0.3) is 0 Å². The SMILES string of the molecule is CC1(C)CCCC(N)(c2cncc(F)c2)CC1. The third-order valence-corrected chi connectivity index (χ3v) is 4.00. The lowest BCUT2D eigenvalue weighted by Gasteiger charge is -2.29. The molecule has 1 atom stereocenters. The van der Waals surface area contributed by atoms with Gasteiger partial charge < -0.3 is 5.73 Å². The molecule has 94 valence electrons. The molecule has 1 fully saturated rings. The molecular weight excluding hydrogens is 215 g/mol. The number of nitrogens with two attached hydrogens (primary N) is 1. The maximum absolute atomic E-state index is 13.2. The Morgan fingerprint density at radius 3 is 2.65 bits per heavy atom. The highest BCUT2D eigenvalue weighted by Gasteiger charge is 2.34. The van der Waals surface area contributed by atoms with Crippen LogP contribution < -0.4 is 5.73 Å². The zero-order valence-electron chi connectivity index (χ0n) is 10.7. The number of nitrogens with zero attached hydrogens (tertiary/aromatic N) is 1. The Morgan fingerprint density at radius 2 is 1.94 bits per heavy atom. The fourth-order valence-corrected chi connectivity index (χ4v) is 2.67. The molecule has 1 unspecified atom stereocenters. The van der Waals surface area contributed by atoms with Gasteiger partial charge in [0.1, 0.15) is 5.82 Å². The number of aromatic nitrogens is 1. The number of hydrogen-bond acceptors (Lipinski definition) is 2. The molecule has 1 aliphatic carbocycles. The predicted molar refractivity (Wildman–Crippen MR) is 66.9 cm³/mol. The second kappa shape index (κ2) is 4.37. The van der Waals surface area contributed by atoms with E-state index in [1.165, 1.54) is 18.7 Å². The van der Waals surface area contributed by atoms with Crippen LogP contribution in [-0.4, -0.2) is 4.98 Å². The zero-order valence-corrected chi connectivity index (χ0v) is 10.7. The van der Waals surface area contributed by atoms with Crippen LogP contribution in [-0.2, 0) is 5.54 Å². The van der Waals surface area contributed by atoms with Gasteiger partial charge in [-0.2, -0.15) is 0 Å². The van der Waals surface area contributed by atoms with Crippen LogP contribution in [0.5, 0.6) is 0 Å². The van der Waals surface area contributed by atoms with Crippen molar-refractivity contribution < 1.29 is 4.39 Å². The van der Waals surface area contributed by atoms with Gasteiger partial charge in [-0.15, -0.1) is 0 Å². The Kier molecular flexibility index (Phi) is 3.21. The van der Waals surface area contributed by atoms with Crippen LogP contribution in [0.25, 0.3) is 0 Å². The van der Waals surface area contributed by atoms with Gasteiger partial charge >= 0.3 is 0 Å². The summed E-state index contributed by atoms with van der Waals surface area (Å²) in [6.45, 7) is 4.56. The van der Waals surface area contributed by atoms with Crippen molar-refractivity contribution in [2.45, 2.75) is 51.5 Å². The van der Waals surface area contributed by atoms with Crippen LogP contribution in [0.3, 0.4) is 0 Å². The van der Waals surface area contributed by atoms with Crippen LogP contribution in [0, 0.1) is 11.2 Å². The zero-order chi connectivity index (χ0) is 12.5. The van der Waals surface area contributed by atoms with Crippen LogP contribution >= 0.6 is 0 Å². The first-order valence-electron chi connectivity index (χ1n) is 6.31. The third kappa shape index (κ3) is 2.83. The topological polar surface area (TPSA) is 38.9 Å². The van der Waals surface area contributed by atoms with E-state index in [9.17, 15) is 4.39 Å². The predicted octanol–water partition coefficient (Wildman–Crippen LogP) is 3.37. The molecule has 0 radical (unpaired) electrons. The molecule has 1 aromatic heterocycles. The molecule has 1 aliphatic rings. The van der Waals surface area contributed by atoms with Gasteiger partial charge in [0.2, 0.25) is 0 Å². The van der Waals surface area contributed by atoms with Crippen LogP contribution in [0.15, 0.2) is 18.5 Å². The van der Waals surface area contributed by atoms with E-state index in [1.807, 2.05) is 0 Å². The molecule has 2 N–H and O–H groups in total. The van der Waals surface area contributed by atoms with Crippen molar-refractivity contribution >= 4 is 0 Å². The smallest absolute Gasteiger partial charge is 0.141 e. The molecule has 2 nitrogen and oxygen atoms in total. The Hall–Kier alpha value is -0.960. The second-order valence-corrected chi connectivity index (χ2v) is 6.07. The average Bonchev–Trinajstić information content (AvgIpc) is 2.39. The van der Waals surface area contributed by atoms with Gasteiger partial charge in [-0.05, 0) is 42.7 Å². The first-order chi connectivity index (χ1) is 7.91. The van der Waals surface area contributed by atoms with Gasteiger partial charge in [-0.1, -0.05) is 20.3 Å². The van der Waals surface area contributed by atoms with E-state index in [4.69, 9.17) is 5.73 Å². The molecule has 1 heterocycles. The summed E-state index contributed by atoms with van der Waals surface area (Å²) in [7, 11) is 0. The Labute approximate surface area is 102 Å². The number of hydrogen-bond donors (Lipinski definition) is 1. The van der Waals surface area contributed by atoms with Crippen molar-refractivity contribution in [2.24, 2.45) is 11.1 Å². The van der Waals surface area contributed by atoms with Gasteiger partial charge in [-0.25, -0.2) is 4.39 Å². The maximum atomic E-state index is 13.2. The van der Waals surface area contributed by atoms with E-state index in [1.54, 1.807) is 6.20 Å². The fourth-order valence-electron chi connectivity index (χ4n) is 2.67. The van der Waals surface area contributed by atoms with Gasteiger partial charge in [0.05, 0.1) is 6.20 Å². The van der Waals surface area contributed by atoms with Crippen molar-refractivity contribution in [1.29, 1.82) is 0 Å². The fraction of sp³-hybridized carbons (Fsp3) is 0.643. The minimum atomic E-state index is -0.400. The Bertz CT molecular complexity index is 403. The number of halogens is 1. The molecule has 0 spiro atoms. The van der Waals surface area contributed by atoms with E-state index in [0.29, 0.717) is 5.41 Å². The molecule has 0 bridgehead atoms. The van der Waals surface area contributed by atoms with Crippen molar-refractivity contribution in [3.63, 3.8) is 0 Å². The first-order valence-corrected chi connectivity index (χ1v) is 6.31. The summed E-state index contributed by atoms with van der Waals surface area (Å²) >= 11 is 0. The van der Waals surface area contributed by atoms with Crippen molar-refractivity contribution in [1.82, 2.24) is 4.98 Å². The largest absolute Gasteiger partial charge is 0.321 e. The average molecular weight is 236 g/mol. The highest BCUT2D eigenvalue weighted by atomic mass is 19.1. The number of pyridine rings is 1. The summed E-state index contributed by atoms with van der Waals surface area (Å²) in [4.78, 5) is 3.92. The van der Waals surface area contributed by atoms with Gasteiger partial charge in [0, 0.05) is 11.7 Å². The Balaban J connectivity index is 2.24. The first kappa shape index (κ1) is 12.5. The van der Waals surface area contributed by atoms with Crippen LogP contribution in [0.1, 0.15) is 51.5 Å².